The molecule has 1 aromatic carbocycles. The van der Waals surface area contributed by atoms with Crippen LogP contribution in [0.25, 0.3) is 0 Å². The van der Waals surface area contributed by atoms with Crippen LogP contribution in [-0.2, 0) is 9.59 Å². The highest BCUT2D eigenvalue weighted by atomic mass is 16.5. The van der Waals surface area contributed by atoms with E-state index in [0.717, 1.165) is 17.0 Å². The summed E-state index contributed by atoms with van der Waals surface area (Å²) in [6.45, 7) is 0.320. The molecule has 2 aromatic rings. The maximum atomic E-state index is 12.7. The number of nitrogens with one attached hydrogen (secondary N) is 1. The van der Waals surface area contributed by atoms with Crippen molar-refractivity contribution in [2.75, 3.05) is 27.2 Å². The SMILES string of the molecule is CNC(=O)C[NH2+]CC(=O)N1N=C(c2ccc(OC)cc2)C[C@H]1c1ccco1. The summed E-state index contributed by atoms with van der Waals surface area (Å²) in [5.41, 5.74) is 1.73. The molecular weight excluding hydrogens is 348 g/mol. The molecule has 1 atom stereocenters. The van der Waals surface area contributed by atoms with E-state index in [9.17, 15) is 9.59 Å². The molecule has 8 nitrogen and oxygen atoms in total. The van der Waals surface area contributed by atoms with Gasteiger partial charge in [0.25, 0.3) is 11.8 Å². The Morgan fingerprint density at radius 2 is 2.07 bits per heavy atom. The van der Waals surface area contributed by atoms with Gasteiger partial charge in [-0.2, -0.15) is 5.10 Å². The Morgan fingerprint density at radius 1 is 1.30 bits per heavy atom. The highest BCUT2D eigenvalue weighted by Crippen LogP contribution is 2.33. The molecule has 3 N–H and O–H groups in total. The van der Waals surface area contributed by atoms with Gasteiger partial charge in [0.2, 0.25) is 0 Å². The summed E-state index contributed by atoms with van der Waals surface area (Å²) in [5, 5.41) is 10.2. The summed E-state index contributed by atoms with van der Waals surface area (Å²) < 4.78 is 10.7. The number of carbonyl (C=O) groups is 2. The Morgan fingerprint density at radius 3 is 2.70 bits per heavy atom. The van der Waals surface area contributed by atoms with Crippen LogP contribution in [0.4, 0.5) is 0 Å². The molecule has 142 valence electrons. The van der Waals surface area contributed by atoms with Crippen molar-refractivity contribution in [3.05, 3.63) is 54.0 Å². The zero-order valence-corrected chi connectivity index (χ0v) is 15.3. The van der Waals surface area contributed by atoms with Gasteiger partial charge < -0.3 is 19.8 Å². The fourth-order valence-corrected chi connectivity index (χ4v) is 2.92. The fourth-order valence-electron chi connectivity index (χ4n) is 2.92. The Bertz CT molecular complexity index is 815. The van der Waals surface area contributed by atoms with Gasteiger partial charge in [0.1, 0.15) is 17.6 Å². The number of likely N-dealkylation sites (N-methyl/N-ethyl adjacent to an activating group) is 1. The van der Waals surface area contributed by atoms with Gasteiger partial charge in [0, 0.05) is 13.5 Å². The number of quaternary nitrogens is 1. The average Bonchev–Trinajstić information content (AvgIpc) is 3.37. The van der Waals surface area contributed by atoms with E-state index in [0.29, 0.717) is 12.2 Å². The molecule has 0 spiro atoms. The fraction of sp³-hybridized carbons (Fsp3) is 0.316. The van der Waals surface area contributed by atoms with Gasteiger partial charge in [-0.25, -0.2) is 5.01 Å². The summed E-state index contributed by atoms with van der Waals surface area (Å²) >= 11 is 0. The van der Waals surface area contributed by atoms with Crippen molar-refractivity contribution in [2.45, 2.75) is 12.5 Å². The standard InChI is InChI=1S/C19H22N4O4/c1-20-18(24)11-21-12-19(25)23-16(17-4-3-9-27-17)10-15(22-23)13-5-7-14(26-2)8-6-13/h3-9,16,21H,10-12H2,1-2H3,(H,20,24)/p+1/t16-/m0/s1. The van der Waals surface area contributed by atoms with Gasteiger partial charge in [-0.1, -0.05) is 0 Å². The second-order valence-electron chi connectivity index (χ2n) is 6.12. The van der Waals surface area contributed by atoms with Gasteiger partial charge in [0.05, 0.1) is 19.1 Å². The Balaban J connectivity index is 1.77. The first-order chi connectivity index (χ1) is 13.1. The van der Waals surface area contributed by atoms with E-state index in [1.165, 1.54) is 5.01 Å². The summed E-state index contributed by atoms with van der Waals surface area (Å²) in [6.07, 6.45) is 2.14. The second kappa shape index (κ2) is 8.50. The zero-order chi connectivity index (χ0) is 19.2. The lowest BCUT2D eigenvalue weighted by molar-refractivity contribution is -0.633. The number of hydrazone groups is 1. The van der Waals surface area contributed by atoms with Crippen LogP contribution in [0.5, 0.6) is 5.75 Å². The third-order valence-electron chi connectivity index (χ3n) is 4.39. The van der Waals surface area contributed by atoms with Crippen molar-refractivity contribution in [3.8, 4) is 5.75 Å². The lowest BCUT2D eigenvalue weighted by Gasteiger charge is -2.18. The third-order valence-corrected chi connectivity index (χ3v) is 4.39. The van der Waals surface area contributed by atoms with Crippen LogP contribution in [-0.4, -0.2) is 49.8 Å². The Hall–Kier alpha value is -3.13. The van der Waals surface area contributed by atoms with Crippen LogP contribution in [0.2, 0.25) is 0 Å². The van der Waals surface area contributed by atoms with Gasteiger partial charge >= 0.3 is 0 Å². The predicted octanol–water partition coefficient (Wildman–Crippen LogP) is 0.275. The molecule has 0 radical (unpaired) electrons. The van der Waals surface area contributed by atoms with Gasteiger partial charge in [-0.05, 0) is 42.0 Å². The van der Waals surface area contributed by atoms with Crippen molar-refractivity contribution in [1.29, 1.82) is 0 Å². The third kappa shape index (κ3) is 4.35. The largest absolute Gasteiger partial charge is 0.497 e. The van der Waals surface area contributed by atoms with Crippen molar-refractivity contribution in [3.63, 3.8) is 0 Å². The van der Waals surface area contributed by atoms with Crippen LogP contribution < -0.4 is 15.4 Å². The first kappa shape index (κ1) is 18.7. The van der Waals surface area contributed by atoms with Crippen LogP contribution in [0.3, 0.4) is 0 Å². The molecule has 27 heavy (non-hydrogen) atoms. The molecule has 1 aliphatic rings. The Labute approximate surface area is 157 Å². The molecule has 0 unspecified atom stereocenters. The number of benzene rings is 1. The van der Waals surface area contributed by atoms with Crippen LogP contribution in [0.15, 0.2) is 52.2 Å². The van der Waals surface area contributed by atoms with Gasteiger partial charge in [0.15, 0.2) is 13.1 Å². The number of amides is 2. The average molecular weight is 371 g/mol. The summed E-state index contributed by atoms with van der Waals surface area (Å²) in [5.74, 6) is 1.14. The van der Waals surface area contributed by atoms with Crippen molar-refractivity contribution >= 4 is 17.5 Å². The molecular formula is C19H23N4O4+. The molecule has 0 fully saturated rings. The number of ether oxygens (including phenoxy) is 1. The van der Waals surface area contributed by atoms with Crippen LogP contribution >= 0.6 is 0 Å². The molecule has 3 rings (SSSR count). The molecule has 1 aliphatic heterocycles. The van der Waals surface area contributed by atoms with Gasteiger partial charge in [-0.3, -0.25) is 9.59 Å². The minimum absolute atomic E-state index is 0.129. The summed E-state index contributed by atoms with van der Waals surface area (Å²) in [4.78, 5) is 24.0. The van der Waals surface area contributed by atoms with Crippen molar-refractivity contribution in [2.24, 2.45) is 5.10 Å². The van der Waals surface area contributed by atoms with Gasteiger partial charge in [-0.15, -0.1) is 0 Å². The van der Waals surface area contributed by atoms with E-state index in [-0.39, 0.29) is 30.9 Å². The molecule has 0 saturated heterocycles. The molecule has 0 aliphatic carbocycles. The molecule has 2 amide bonds. The van der Waals surface area contributed by atoms with E-state index in [2.05, 4.69) is 10.4 Å². The predicted molar refractivity (Wildman–Crippen MR) is 98.2 cm³/mol. The van der Waals surface area contributed by atoms with Crippen molar-refractivity contribution in [1.82, 2.24) is 10.3 Å². The normalized spacial score (nSPS) is 16.1. The molecule has 8 heteroatoms. The van der Waals surface area contributed by atoms with E-state index in [1.807, 2.05) is 30.3 Å². The number of methoxy groups -OCH3 is 1. The highest BCUT2D eigenvalue weighted by molar-refractivity contribution is 6.03. The second-order valence-corrected chi connectivity index (χ2v) is 6.12. The maximum Gasteiger partial charge on any atom is 0.298 e. The molecule has 1 aromatic heterocycles. The summed E-state index contributed by atoms with van der Waals surface area (Å²) in [7, 11) is 3.18. The van der Waals surface area contributed by atoms with E-state index < -0.39 is 0 Å². The van der Waals surface area contributed by atoms with E-state index in [4.69, 9.17) is 9.15 Å². The lowest BCUT2D eigenvalue weighted by atomic mass is 10.0. The van der Waals surface area contributed by atoms with Crippen LogP contribution in [0, 0.1) is 0 Å². The maximum absolute atomic E-state index is 12.7. The first-order valence-electron chi connectivity index (χ1n) is 8.72. The topological polar surface area (TPSA) is 101 Å². The lowest BCUT2D eigenvalue weighted by Crippen LogP contribution is -2.88. The monoisotopic (exact) mass is 371 g/mol. The first-order valence-corrected chi connectivity index (χ1v) is 8.72. The number of rotatable bonds is 7. The minimum atomic E-state index is -0.294. The molecule has 0 bridgehead atoms. The number of carbonyl (C=O) groups excluding carboxylic acids is 2. The smallest absolute Gasteiger partial charge is 0.298 e. The van der Waals surface area contributed by atoms with Crippen molar-refractivity contribution < 1.29 is 24.1 Å². The van der Waals surface area contributed by atoms with E-state index in [1.54, 1.807) is 31.8 Å². The quantitative estimate of drug-likeness (QED) is 0.730. The highest BCUT2D eigenvalue weighted by Gasteiger charge is 2.35. The summed E-state index contributed by atoms with van der Waals surface area (Å²) in [6, 6.07) is 10.9. The number of hydrogen-bond acceptors (Lipinski definition) is 5. The zero-order valence-electron chi connectivity index (χ0n) is 15.3. The minimum Gasteiger partial charge on any atom is -0.497 e. The van der Waals surface area contributed by atoms with E-state index >= 15 is 0 Å². The molecule has 2 heterocycles. The van der Waals surface area contributed by atoms with Crippen LogP contribution in [0.1, 0.15) is 23.8 Å². The number of furan rings is 1. The molecule has 0 saturated carbocycles. The number of hydrogen-bond donors (Lipinski definition) is 2. The Kier molecular flexibility index (Phi) is 5.87. The number of nitrogens with two attached hydrogens (primary N) is 1. The number of nitrogens with zero attached hydrogens (tertiary/aromatic N) is 2.